The SMILES string of the molecule is Clc1ccc(-n2nnnc2SCc2cn3cc(Cl)ccc3n2)cc1. The van der Waals surface area contributed by atoms with Crippen LogP contribution in [-0.2, 0) is 5.75 Å². The maximum atomic E-state index is 5.99. The zero-order valence-corrected chi connectivity index (χ0v) is 14.5. The van der Waals surface area contributed by atoms with Crippen LogP contribution in [0.15, 0.2) is 53.9 Å². The van der Waals surface area contributed by atoms with Crippen LogP contribution in [0, 0.1) is 0 Å². The van der Waals surface area contributed by atoms with E-state index in [0.717, 1.165) is 17.0 Å². The van der Waals surface area contributed by atoms with Gasteiger partial charge in [-0.2, -0.15) is 4.68 Å². The van der Waals surface area contributed by atoms with Crippen LogP contribution in [0.3, 0.4) is 0 Å². The summed E-state index contributed by atoms with van der Waals surface area (Å²) in [6.07, 6.45) is 3.78. The number of halogens is 2. The van der Waals surface area contributed by atoms with Crippen LogP contribution in [0.2, 0.25) is 10.0 Å². The van der Waals surface area contributed by atoms with E-state index in [4.69, 9.17) is 23.2 Å². The molecule has 0 saturated heterocycles. The highest BCUT2D eigenvalue weighted by molar-refractivity contribution is 7.98. The van der Waals surface area contributed by atoms with Gasteiger partial charge in [-0.25, -0.2) is 4.98 Å². The van der Waals surface area contributed by atoms with Crippen LogP contribution in [0.5, 0.6) is 0 Å². The van der Waals surface area contributed by atoms with Gasteiger partial charge in [-0.3, -0.25) is 0 Å². The molecule has 0 N–H and O–H groups in total. The van der Waals surface area contributed by atoms with Gasteiger partial charge >= 0.3 is 0 Å². The lowest BCUT2D eigenvalue weighted by Gasteiger charge is -2.03. The van der Waals surface area contributed by atoms with Crippen LogP contribution in [0.1, 0.15) is 5.69 Å². The van der Waals surface area contributed by atoms with Crippen LogP contribution >= 0.6 is 35.0 Å². The summed E-state index contributed by atoms with van der Waals surface area (Å²) >= 11 is 13.4. The molecule has 0 aliphatic heterocycles. The predicted octanol–water partition coefficient (Wildman–Crippen LogP) is 3.91. The molecule has 4 rings (SSSR count). The van der Waals surface area contributed by atoms with Gasteiger partial charge in [0.1, 0.15) is 5.65 Å². The predicted molar refractivity (Wildman–Crippen MR) is 93.9 cm³/mol. The van der Waals surface area contributed by atoms with Crippen molar-refractivity contribution in [3.05, 3.63) is 64.5 Å². The molecule has 0 fully saturated rings. The average Bonchev–Trinajstić information content (AvgIpc) is 3.19. The number of hydrogen-bond donors (Lipinski definition) is 0. The quantitative estimate of drug-likeness (QED) is 0.505. The molecule has 0 unspecified atom stereocenters. The second kappa shape index (κ2) is 6.43. The molecule has 6 nitrogen and oxygen atoms in total. The zero-order chi connectivity index (χ0) is 16.5. The normalized spacial score (nSPS) is 11.2. The molecular formula is C15H10Cl2N6S. The number of tetrazole rings is 1. The molecule has 3 heterocycles. The number of imidazole rings is 1. The topological polar surface area (TPSA) is 60.9 Å². The maximum Gasteiger partial charge on any atom is 0.214 e. The van der Waals surface area contributed by atoms with Crippen LogP contribution in [0.4, 0.5) is 0 Å². The monoisotopic (exact) mass is 376 g/mol. The van der Waals surface area contributed by atoms with E-state index >= 15 is 0 Å². The number of pyridine rings is 1. The average molecular weight is 377 g/mol. The first-order chi connectivity index (χ1) is 11.7. The molecule has 0 bridgehead atoms. The van der Waals surface area contributed by atoms with Gasteiger partial charge in [0, 0.05) is 23.2 Å². The molecule has 24 heavy (non-hydrogen) atoms. The standard InChI is InChI=1S/C15H10Cl2N6S/c16-10-1-4-13(5-2-10)23-15(19-20-21-23)24-9-12-8-22-7-11(17)3-6-14(22)18-12/h1-8H,9H2. The summed E-state index contributed by atoms with van der Waals surface area (Å²) in [6.45, 7) is 0. The van der Waals surface area contributed by atoms with Crippen molar-refractivity contribution in [1.29, 1.82) is 0 Å². The molecule has 0 aliphatic rings. The van der Waals surface area contributed by atoms with E-state index in [0.29, 0.717) is 21.0 Å². The lowest BCUT2D eigenvalue weighted by molar-refractivity contribution is 0.756. The van der Waals surface area contributed by atoms with E-state index in [1.165, 1.54) is 11.8 Å². The van der Waals surface area contributed by atoms with Crippen molar-refractivity contribution in [3.8, 4) is 5.69 Å². The molecule has 1 aromatic carbocycles. The highest BCUT2D eigenvalue weighted by Crippen LogP contribution is 2.23. The molecule has 0 spiro atoms. The minimum Gasteiger partial charge on any atom is -0.305 e. The van der Waals surface area contributed by atoms with Crippen molar-refractivity contribution in [2.75, 3.05) is 0 Å². The van der Waals surface area contributed by atoms with Crippen molar-refractivity contribution >= 4 is 40.6 Å². The van der Waals surface area contributed by atoms with E-state index in [1.54, 1.807) is 16.8 Å². The van der Waals surface area contributed by atoms with Gasteiger partial charge in [-0.05, 0) is 46.8 Å². The Morgan fingerprint density at radius 1 is 0.958 bits per heavy atom. The van der Waals surface area contributed by atoms with Gasteiger partial charge in [0.25, 0.3) is 0 Å². The van der Waals surface area contributed by atoms with Crippen LogP contribution < -0.4 is 0 Å². The van der Waals surface area contributed by atoms with Crippen molar-refractivity contribution < 1.29 is 0 Å². The second-order valence-corrected chi connectivity index (χ2v) is 6.80. The summed E-state index contributed by atoms with van der Waals surface area (Å²) in [5, 5.41) is 13.9. The number of aromatic nitrogens is 6. The van der Waals surface area contributed by atoms with Gasteiger partial charge in [0.05, 0.1) is 16.4 Å². The van der Waals surface area contributed by atoms with Gasteiger partial charge < -0.3 is 4.40 Å². The molecule has 0 aliphatic carbocycles. The summed E-state index contributed by atoms with van der Waals surface area (Å²) in [6, 6.07) is 11.1. The fraction of sp³-hybridized carbons (Fsp3) is 0.0667. The lowest BCUT2D eigenvalue weighted by Crippen LogP contribution is -1.98. The summed E-state index contributed by atoms with van der Waals surface area (Å²) < 4.78 is 3.58. The third-order valence-electron chi connectivity index (χ3n) is 3.33. The summed E-state index contributed by atoms with van der Waals surface area (Å²) in [5.74, 6) is 0.646. The van der Waals surface area contributed by atoms with E-state index in [1.807, 2.05) is 41.1 Å². The Hall–Kier alpha value is -2.09. The Bertz CT molecular complexity index is 995. The summed E-state index contributed by atoms with van der Waals surface area (Å²) in [5.41, 5.74) is 2.63. The fourth-order valence-corrected chi connectivity index (χ4v) is 3.31. The lowest BCUT2D eigenvalue weighted by atomic mass is 10.3. The molecular weight excluding hydrogens is 367 g/mol. The highest BCUT2D eigenvalue weighted by Gasteiger charge is 2.11. The van der Waals surface area contributed by atoms with Crippen LogP contribution in [0.25, 0.3) is 11.3 Å². The van der Waals surface area contributed by atoms with Crippen molar-refractivity contribution in [2.45, 2.75) is 10.9 Å². The zero-order valence-electron chi connectivity index (χ0n) is 12.2. The molecule has 0 amide bonds. The number of rotatable bonds is 4. The first-order valence-corrected chi connectivity index (χ1v) is 8.73. The second-order valence-electron chi connectivity index (χ2n) is 4.98. The van der Waals surface area contributed by atoms with Gasteiger partial charge in [0.15, 0.2) is 0 Å². The summed E-state index contributed by atoms with van der Waals surface area (Å²) in [4.78, 5) is 4.56. The first kappa shape index (κ1) is 15.4. The van der Waals surface area contributed by atoms with E-state index < -0.39 is 0 Å². The smallest absolute Gasteiger partial charge is 0.214 e. The molecule has 9 heteroatoms. The molecule has 0 radical (unpaired) electrons. The Morgan fingerprint density at radius 2 is 1.75 bits per heavy atom. The molecule has 3 aromatic heterocycles. The summed E-state index contributed by atoms with van der Waals surface area (Å²) in [7, 11) is 0. The van der Waals surface area contributed by atoms with Crippen molar-refractivity contribution in [2.24, 2.45) is 0 Å². The number of hydrogen-bond acceptors (Lipinski definition) is 5. The minimum atomic E-state index is 0.646. The minimum absolute atomic E-state index is 0.646. The van der Waals surface area contributed by atoms with Gasteiger partial charge in [-0.1, -0.05) is 35.0 Å². The number of nitrogens with zero attached hydrogens (tertiary/aromatic N) is 6. The van der Waals surface area contributed by atoms with Crippen molar-refractivity contribution in [1.82, 2.24) is 29.6 Å². The third-order valence-corrected chi connectivity index (χ3v) is 4.75. The number of benzene rings is 1. The first-order valence-electron chi connectivity index (χ1n) is 6.99. The highest BCUT2D eigenvalue weighted by atomic mass is 35.5. The number of fused-ring (bicyclic) bond motifs is 1. The molecule has 120 valence electrons. The third kappa shape index (κ3) is 3.10. The molecule has 4 aromatic rings. The number of thioether (sulfide) groups is 1. The van der Waals surface area contributed by atoms with Crippen molar-refractivity contribution in [3.63, 3.8) is 0 Å². The van der Waals surface area contributed by atoms with Gasteiger partial charge in [0.2, 0.25) is 5.16 Å². The van der Waals surface area contributed by atoms with E-state index in [9.17, 15) is 0 Å². The Kier molecular flexibility index (Phi) is 4.13. The van der Waals surface area contributed by atoms with E-state index in [2.05, 4.69) is 20.5 Å². The Morgan fingerprint density at radius 3 is 2.58 bits per heavy atom. The van der Waals surface area contributed by atoms with Crippen LogP contribution in [-0.4, -0.2) is 29.6 Å². The maximum absolute atomic E-state index is 5.99. The molecule has 0 atom stereocenters. The Balaban J connectivity index is 1.55. The largest absolute Gasteiger partial charge is 0.305 e. The molecule has 0 saturated carbocycles. The van der Waals surface area contributed by atoms with Gasteiger partial charge in [-0.15, -0.1) is 5.10 Å². The fourth-order valence-electron chi connectivity index (χ4n) is 2.24. The Labute approximate surface area is 151 Å². The van der Waals surface area contributed by atoms with E-state index in [-0.39, 0.29) is 0 Å².